The van der Waals surface area contributed by atoms with E-state index in [1.807, 2.05) is 43.9 Å². The summed E-state index contributed by atoms with van der Waals surface area (Å²) in [6.45, 7) is 7.19. The van der Waals surface area contributed by atoms with E-state index in [2.05, 4.69) is 16.8 Å². The van der Waals surface area contributed by atoms with Gasteiger partial charge in [0.1, 0.15) is 11.8 Å². The molecule has 2 aromatic rings. The Balaban J connectivity index is 1.59. The highest BCUT2D eigenvalue weighted by Crippen LogP contribution is 2.25. The van der Waals surface area contributed by atoms with Crippen LogP contribution in [0.3, 0.4) is 0 Å². The second-order valence-electron chi connectivity index (χ2n) is 7.30. The molecule has 0 saturated carbocycles. The highest BCUT2D eigenvalue weighted by Gasteiger charge is 2.28. The predicted octanol–water partition coefficient (Wildman–Crippen LogP) is 3.61. The van der Waals surface area contributed by atoms with E-state index in [1.54, 1.807) is 11.3 Å². The van der Waals surface area contributed by atoms with E-state index in [1.165, 1.54) is 10.4 Å². The highest BCUT2D eigenvalue weighted by molar-refractivity contribution is 7.10. The van der Waals surface area contributed by atoms with Crippen LogP contribution in [0.1, 0.15) is 41.3 Å². The summed E-state index contributed by atoms with van der Waals surface area (Å²) in [5, 5.41) is 4.97. The van der Waals surface area contributed by atoms with Crippen LogP contribution in [0.2, 0.25) is 0 Å². The third-order valence-electron chi connectivity index (χ3n) is 5.09. The van der Waals surface area contributed by atoms with Crippen LogP contribution in [-0.4, -0.2) is 35.9 Å². The number of carbonyl (C=O) groups is 2. The van der Waals surface area contributed by atoms with Crippen LogP contribution >= 0.6 is 11.3 Å². The van der Waals surface area contributed by atoms with Crippen molar-refractivity contribution < 1.29 is 14.3 Å². The van der Waals surface area contributed by atoms with E-state index in [9.17, 15) is 9.59 Å². The van der Waals surface area contributed by atoms with Gasteiger partial charge >= 0.3 is 0 Å². The number of carbonyl (C=O) groups excluding carboxylic acids is 2. The SMILES string of the molecule is CCCC(NC(=O)COc1c(C)cccc1C)C(=O)N1CCc2sccc2C1. The molecule has 1 aliphatic heterocycles. The van der Waals surface area contributed by atoms with Gasteiger partial charge in [-0.25, -0.2) is 0 Å². The summed E-state index contributed by atoms with van der Waals surface area (Å²) in [6.07, 6.45) is 2.34. The normalized spacial score (nSPS) is 14.3. The number of thiophene rings is 1. The van der Waals surface area contributed by atoms with Gasteiger partial charge in [-0.2, -0.15) is 0 Å². The van der Waals surface area contributed by atoms with E-state index < -0.39 is 6.04 Å². The molecule has 0 bridgehead atoms. The zero-order chi connectivity index (χ0) is 20.1. The molecule has 28 heavy (non-hydrogen) atoms. The average Bonchev–Trinajstić information content (AvgIpc) is 3.14. The molecule has 2 amide bonds. The van der Waals surface area contributed by atoms with E-state index >= 15 is 0 Å². The molecule has 0 fully saturated rings. The Bertz CT molecular complexity index is 826. The zero-order valence-electron chi connectivity index (χ0n) is 16.8. The first kappa shape index (κ1) is 20.4. The van der Waals surface area contributed by atoms with Gasteiger partial charge in [-0.1, -0.05) is 31.5 Å². The minimum atomic E-state index is -0.501. The number of para-hydroxylation sites is 1. The number of hydrogen-bond acceptors (Lipinski definition) is 4. The van der Waals surface area contributed by atoms with Crippen molar-refractivity contribution in [2.24, 2.45) is 0 Å². The molecular formula is C22H28N2O3S. The lowest BCUT2D eigenvalue weighted by atomic mass is 10.1. The predicted molar refractivity (Wildman–Crippen MR) is 112 cm³/mol. The highest BCUT2D eigenvalue weighted by atomic mass is 32.1. The molecule has 0 aliphatic carbocycles. The second kappa shape index (κ2) is 9.24. The molecule has 0 spiro atoms. The maximum absolute atomic E-state index is 13.0. The Morgan fingerprint density at radius 2 is 2.00 bits per heavy atom. The summed E-state index contributed by atoms with van der Waals surface area (Å²) >= 11 is 1.75. The maximum Gasteiger partial charge on any atom is 0.258 e. The molecule has 150 valence electrons. The lowest BCUT2D eigenvalue weighted by molar-refractivity contribution is -0.137. The molecule has 5 nitrogen and oxygen atoms in total. The number of benzene rings is 1. The number of nitrogens with one attached hydrogen (secondary N) is 1. The van der Waals surface area contributed by atoms with Crippen LogP contribution in [0.15, 0.2) is 29.6 Å². The van der Waals surface area contributed by atoms with Gasteiger partial charge in [-0.05, 0) is 54.8 Å². The number of nitrogens with zero attached hydrogens (tertiary/aromatic N) is 1. The monoisotopic (exact) mass is 400 g/mol. The summed E-state index contributed by atoms with van der Waals surface area (Å²) < 4.78 is 5.73. The zero-order valence-corrected chi connectivity index (χ0v) is 17.6. The summed E-state index contributed by atoms with van der Waals surface area (Å²) in [5.41, 5.74) is 3.22. The van der Waals surface area contributed by atoms with Crippen molar-refractivity contribution in [2.45, 2.75) is 52.6 Å². The van der Waals surface area contributed by atoms with Crippen molar-refractivity contribution in [3.8, 4) is 5.75 Å². The van der Waals surface area contributed by atoms with Gasteiger partial charge in [0.25, 0.3) is 5.91 Å². The standard InChI is InChI=1S/C22H28N2O3S/c1-4-6-18(22(26)24-11-9-19-17(13-24)10-12-28-19)23-20(25)14-27-21-15(2)7-5-8-16(21)3/h5,7-8,10,12,18H,4,6,9,11,13-14H2,1-3H3,(H,23,25). The molecule has 1 atom stereocenters. The van der Waals surface area contributed by atoms with Crippen LogP contribution < -0.4 is 10.1 Å². The average molecular weight is 401 g/mol. The first-order valence-electron chi connectivity index (χ1n) is 9.82. The lowest BCUT2D eigenvalue weighted by Gasteiger charge is -2.31. The van der Waals surface area contributed by atoms with Crippen molar-refractivity contribution in [3.63, 3.8) is 0 Å². The van der Waals surface area contributed by atoms with Gasteiger partial charge in [0.2, 0.25) is 5.91 Å². The molecule has 3 rings (SSSR count). The molecular weight excluding hydrogens is 372 g/mol. The van der Waals surface area contributed by atoms with Crippen molar-refractivity contribution in [1.29, 1.82) is 0 Å². The largest absolute Gasteiger partial charge is 0.483 e. The van der Waals surface area contributed by atoms with Gasteiger partial charge in [0.15, 0.2) is 6.61 Å². The molecule has 0 saturated heterocycles. The fraction of sp³-hybridized carbons (Fsp3) is 0.455. The first-order chi connectivity index (χ1) is 13.5. The van der Waals surface area contributed by atoms with Crippen molar-refractivity contribution in [2.75, 3.05) is 13.2 Å². The molecule has 0 radical (unpaired) electrons. The van der Waals surface area contributed by atoms with E-state index in [4.69, 9.17) is 4.74 Å². The first-order valence-corrected chi connectivity index (χ1v) is 10.7. The fourth-order valence-electron chi connectivity index (χ4n) is 3.60. The lowest BCUT2D eigenvalue weighted by Crippen LogP contribution is -2.50. The Morgan fingerprint density at radius 3 is 2.71 bits per heavy atom. The molecule has 1 aromatic heterocycles. The molecule has 1 aromatic carbocycles. The van der Waals surface area contributed by atoms with E-state index in [-0.39, 0.29) is 18.4 Å². The van der Waals surface area contributed by atoms with E-state index in [0.29, 0.717) is 19.5 Å². The van der Waals surface area contributed by atoms with Gasteiger partial charge < -0.3 is 15.0 Å². The number of fused-ring (bicyclic) bond motifs is 1. The minimum absolute atomic E-state index is 0.000813. The fourth-order valence-corrected chi connectivity index (χ4v) is 4.49. The number of amides is 2. The van der Waals surface area contributed by atoms with Gasteiger partial charge in [-0.15, -0.1) is 11.3 Å². The minimum Gasteiger partial charge on any atom is -0.483 e. The second-order valence-corrected chi connectivity index (χ2v) is 8.30. The van der Waals surface area contributed by atoms with Crippen LogP contribution in [0.25, 0.3) is 0 Å². The number of ether oxygens (including phenoxy) is 1. The van der Waals surface area contributed by atoms with Crippen LogP contribution in [-0.2, 0) is 22.6 Å². The Morgan fingerprint density at radius 1 is 1.25 bits per heavy atom. The molecule has 6 heteroatoms. The van der Waals surface area contributed by atoms with Crippen molar-refractivity contribution in [1.82, 2.24) is 10.2 Å². The molecule has 1 unspecified atom stereocenters. The maximum atomic E-state index is 13.0. The Labute approximate surface area is 170 Å². The smallest absolute Gasteiger partial charge is 0.258 e. The van der Waals surface area contributed by atoms with Gasteiger partial charge in [-0.3, -0.25) is 9.59 Å². The summed E-state index contributed by atoms with van der Waals surface area (Å²) in [5.74, 6) is 0.471. The van der Waals surface area contributed by atoms with E-state index in [0.717, 1.165) is 29.7 Å². The summed E-state index contributed by atoms with van der Waals surface area (Å²) in [6, 6.07) is 7.47. The number of hydrogen-bond donors (Lipinski definition) is 1. The van der Waals surface area contributed by atoms with Crippen molar-refractivity contribution in [3.05, 3.63) is 51.2 Å². The molecule has 2 heterocycles. The van der Waals surface area contributed by atoms with Crippen LogP contribution in [0.5, 0.6) is 5.75 Å². The molecule has 1 N–H and O–H groups in total. The van der Waals surface area contributed by atoms with Crippen molar-refractivity contribution >= 4 is 23.2 Å². The van der Waals surface area contributed by atoms with Gasteiger partial charge in [0.05, 0.1) is 0 Å². The quantitative estimate of drug-likeness (QED) is 0.772. The summed E-state index contributed by atoms with van der Waals surface area (Å²) in [4.78, 5) is 28.7. The summed E-state index contributed by atoms with van der Waals surface area (Å²) in [7, 11) is 0. The third-order valence-corrected chi connectivity index (χ3v) is 6.11. The number of rotatable bonds is 7. The number of aryl methyl sites for hydroxylation is 2. The third kappa shape index (κ3) is 4.73. The van der Waals surface area contributed by atoms with Gasteiger partial charge in [0, 0.05) is 18.0 Å². The van der Waals surface area contributed by atoms with Crippen LogP contribution in [0, 0.1) is 13.8 Å². The van der Waals surface area contributed by atoms with Crippen LogP contribution in [0.4, 0.5) is 0 Å². The Hall–Kier alpha value is -2.34. The molecule has 1 aliphatic rings. The Kier molecular flexibility index (Phi) is 6.73. The topological polar surface area (TPSA) is 58.6 Å².